The zero-order chi connectivity index (χ0) is 19.8. The van der Waals surface area contributed by atoms with Crippen LogP contribution in [0, 0.1) is 10.1 Å². The molecule has 0 radical (unpaired) electrons. The van der Waals surface area contributed by atoms with Crippen LogP contribution in [0.2, 0.25) is 10.0 Å². The number of amides is 1. The van der Waals surface area contributed by atoms with Crippen molar-refractivity contribution in [2.45, 2.75) is 0 Å². The van der Waals surface area contributed by atoms with Crippen LogP contribution in [0.1, 0.15) is 10.6 Å². The fourth-order valence-corrected chi connectivity index (χ4v) is 2.89. The van der Waals surface area contributed by atoms with Gasteiger partial charge in [0.1, 0.15) is 10.4 Å². The number of rotatable bonds is 4. The van der Waals surface area contributed by atoms with Crippen molar-refractivity contribution in [3.63, 3.8) is 0 Å². The van der Waals surface area contributed by atoms with Crippen molar-refractivity contribution in [1.29, 1.82) is 0 Å². The Balaban J connectivity index is 1.64. The van der Waals surface area contributed by atoms with Gasteiger partial charge in [-0.25, -0.2) is 4.98 Å². The molecule has 0 aliphatic heterocycles. The Morgan fingerprint density at radius 2 is 1.89 bits per heavy atom. The summed E-state index contributed by atoms with van der Waals surface area (Å²) in [4.78, 5) is 26.6. The van der Waals surface area contributed by atoms with Crippen molar-refractivity contribution >= 4 is 51.8 Å². The first-order chi connectivity index (χ1) is 13.4. The Morgan fingerprint density at radius 1 is 1.07 bits per heavy atom. The highest BCUT2D eigenvalue weighted by Gasteiger charge is 2.18. The standard InChI is InChI=1S/C18H9Cl2N3O5/c19-9-1-4-14-13(7-9)22-18(28-14)11-8-10(2-3-12(11)20)21-17(24)15-5-6-16(27-15)23(25)26/h1-8H,(H,21,24). The Morgan fingerprint density at radius 3 is 2.64 bits per heavy atom. The molecule has 0 atom stereocenters. The highest BCUT2D eigenvalue weighted by Crippen LogP contribution is 2.33. The van der Waals surface area contributed by atoms with Gasteiger partial charge in [-0.15, -0.1) is 0 Å². The minimum Gasteiger partial charge on any atom is -0.436 e. The molecule has 4 aromatic rings. The van der Waals surface area contributed by atoms with Gasteiger partial charge in [0.05, 0.1) is 16.7 Å². The molecular weight excluding hydrogens is 409 g/mol. The monoisotopic (exact) mass is 417 g/mol. The summed E-state index contributed by atoms with van der Waals surface area (Å²) in [5.41, 5.74) is 1.93. The number of fused-ring (bicyclic) bond motifs is 1. The third kappa shape index (κ3) is 3.42. The van der Waals surface area contributed by atoms with E-state index in [-0.39, 0.29) is 11.7 Å². The number of hydrogen-bond acceptors (Lipinski definition) is 6. The van der Waals surface area contributed by atoms with Crippen molar-refractivity contribution in [3.8, 4) is 11.5 Å². The van der Waals surface area contributed by atoms with Gasteiger partial charge in [0, 0.05) is 10.7 Å². The molecular formula is C18H9Cl2N3O5. The maximum absolute atomic E-state index is 12.2. The maximum atomic E-state index is 12.2. The average molecular weight is 418 g/mol. The number of hydrogen-bond donors (Lipinski definition) is 1. The maximum Gasteiger partial charge on any atom is 0.433 e. The van der Waals surface area contributed by atoms with Crippen LogP contribution < -0.4 is 5.32 Å². The van der Waals surface area contributed by atoms with Crippen LogP contribution >= 0.6 is 23.2 Å². The highest BCUT2D eigenvalue weighted by molar-refractivity contribution is 6.33. The second-order valence-corrected chi connectivity index (χ2v) is 6.52. The molecule has 0 saturated carbocycles. The van der Waals surface area contributed by atoms with Crippen LogP contribution in [0.5, 0.6) is 0 Å². The molecule has 1 N–H and O–H groups in total. The molecule has 0 unspecified atom stereocenters. The van der Waals surface area contributed by atoms with Gasteiger partial charge >= 0.3 is 5.88 Å². The molecule has 0 spiro atoms. The first-order valence-electron chi connectivity index (χ1n) is 7.82. The van der Waals surface area contributed by atoms with Crippen molar-refractivity contribution in [3.05, 3.63) is 74.5 Å². The lowest BCUT2D eigenvalue weighted by Gasteiger charge is -2.06. The lowest BCUT2D eigenvalue weighted by atomic mass is 10.2. The van der Waals surface area contributed by atoms with Crippen molar-refractivity contribution in [1.82, 2.24) is 4.98 Å². The predicted molar refractivity (Wildman–Crippen MR) is 103 cm³/mol. The Hall–Kier alpha value is -3.36. The fraction of sp³-hybridized carbons (Fsp3) is 0. The normalized spacial score (nSPS) is 10.9. The number of carbonyl (C=O) groups is 1. The summed E-state index contributed by atoms with van der Waals surface area (Å²) in [6, 6.07) is 12.1. The molecule has 0 saturated heterocycles. The van der Waals surface area contributed by atoms with E-state index in [9.17, 15) is 14.9 Å². The Labute approximate surface area is 166 Å². The van der Waals surface area contributed by atoms with E-state index >= 15 is 0 Å². The second-order valence-electron chi connectivity index (χ2n) is 5.67. The average Bonchev–Trinajstić information content (AvgIpc) is 3.30. The highest BCUT2D eigenvalue weighted by atomic mass is 35.5. The zero-order valence-electron chi connectivity index (χ0n) is 13.8. The number of carbonyl (C=O) groups excluding carboxylic acids is 1. The van der Waals surface area contributed by atoms with Gasteiger partial charge in [0.15, 0.2) is 11.3 Å². The molecule has 0 fully saturated rings. The van der Waals surface area contributed by atoms with Crippen molar-refractivity contribution in [2.75, 3.05) is 5.32 Å². The van der Waals surface area contributed by atoms with Gasteiger partial charge in [-0.2, -0.15) is 0 Å². The largest absolute Gasteiger partial charge is 0.436 e. The first kappa shape index (κ1) is 18.0. The van der Waals surface area contributed by atoms with Crippen molar-refractivity contribution < 1.29 is 18.6 Å². The number of furan rings is 1. The van der Waals surface area contributed by atoms with E-state index in [2.05, 4.69) is 10.3 Å². The van der Waals surface area contributed by atoms with Gasteiger partial charge in [-0.1, -0.05) is 23.2 Å². The number of halogens is 2. The Bertz CT molecular complexity index is 1230. The number of anilines is 1. The molecule has 1 amide bonds. The summed E-state index contributed by atoms with van der Waals surface area (Å²) < 4.78 is 10.6. The molecule has 28 heavy (non-hydrogen) atoms. The van der Waals surface area contributed by atoms with E-state index in [1.54, 1.807) is 36.4 Å². The topological polar surface area (TPSA) is 111 Å². The third-order valence-electron chi connectivity index (χ3n) is 3.80. The second kappa shape index (κ2) is 6.99. The van der Waals surface area contributed by atoms with E-state index in [1.807, 2.05) is 0 Å². The first-order valence-corrected chi connectivity index (χ1v) is 8.58. The van der Waals surface area contributed by atoms with Crippen LogP contribution in [-0.4, -0.2) is 15.8 Å². The van der Waals surface area contributed by atoms with E-state index in [1.165, 1.54) is 6.07 Å². The van der Waals surface area contributed by atoms with Gasteiger partial charge in [0.25, 0.3) is 5.91 Å². The molecule has 0 aliphatic carbocycles. The van der Waals surface area contributed by atoms with Crippen LogP contribution in [0.3, 0.4) is 0 Å². The predicted octanol–water partition coefficient (Wildman–Crippen LogP) is 5.56. The summed E-state index contributed by atoms with van der Waals surface area (Å²) in [5.74, 6) is -1.11. The molecule has 2 aromatic heterocycles. The number of nitrogens with zero attached hydrogens (tertiary/aromatic N) is 2. The summed E-state index contributed by atoms with van der Waals surface area (Å²) in [6.07, 6.45) is 0. The van der Waals surface area contributed by atoms with Gasteiger partial charge in [-0.3, -0.25) is 14.9 Å². The van der Waals surface area contributed by atoms with E-state index in [0.717, 1.165) is 6.07 Å². The smallest absolute Gasteiger partial charge is 0.433 e. The van der Waals surface area contributed by atoms with Gasteiger partial charge < -0.3 is 14.2 Å². The number of benzene rings is 2. The molecule has 140 valence electrons. The zero-order valence-corrected chi connectivity index (χ0v) is 15.3. The van der Waals surface area contributed by atoms with Gasteiger partial charge in [-0.05, 0) is 42.5 Å². The minimum absolute atomic E-state index is 0.195. The van der Waals surface area contributed by atoms with E-state index in [4.69, 9.17) is 32.0 Å². The van der Waals surface area contributed by atoms with Crippen LogP contribution in [0.25, 0.3) is 22.6 Å². The SMILES string of the molecule is O=C(Nc1ccc(Cl)c(-c2nc3cc(Cl)ccc3o2)c1)c1ccc([N+](=O)[O-])o1. The Kier molecular flexibility index (Phi) is 4.50. The summed E-state index contributed by atoms with van der Waals surface area (Å²) in [7, 11) is 0. The lowest BCUT2D eigenvalue weighted by Crippen LogP contribution is -2.10. The van der Waals surface area contributed by atoms with Crippen LogP contribution in [-0.2, 0) is 0 Å². The quantitative estimate of drug-likeness (QED) is 0.343. The van der Waals surface area contributed by atoms with Crippen molar-refractivity contribution in [2.24, 2.45) is 0 Å². The molecule has 8 nitrogen and oxygen atoms in total. The summed E-state index contributed by atoms with van der Waals surface area (Å²) >= 11 is 12.2. The van der Waals surface area contributed by atoms with E-state index < -0.39 is 16.7 Å². The number of nitrogens with one attached hydrogen (secondary N) is 1. The molecule has 2 heterocycles. The minimum atomic E-state index is -0.726. The third-order valence-corrected chi connectivity index (χ3v) is 4.36. The van der Waals surface area contributed by atoms with Crippen LogP contribution in [0.4, 0.5) is 11.6 Å². The summed E-state index contributed by atoms with van der Waals surface area (Å²) in [6.45, 7) is 0. The number of nitro groups is 1. The molecule has 4 rings (SSSR count). The number of aromatic nitrogens is 1. The fourth-order valence-electron chi connectivity index (χ4n) is 2.52. The number of oxazole rings is 1. The lowest BCUT2D eigenvalue weighted by molar-refractivity contribution is -0.402. The molecule has 0 aliphatic rings. The van der Waals surface area contributed by atoms with Crippen LogP contribution in [0.15, 0.2) is 57.4 Å². The van der Waals surface area contributed by atoms with E-state index in [0.29, 0.717) is 32.4 Å². The summed E-state index contributed by atoms with van der Waals surface area (Å²) in [5, 5.41) is 14.1. The molecule has 0 bridgehead atoms. The van der Waals surface area contributed by atoms with Gasteiger partial charge in [0.2, 0.25) is 5.89 Å². The molecule has 10 heteroatoms. The molecule has 2 aromatic carbocycles.